The van der Waals surface area contributed by atoms with E-state index in [9.17, 15) is 18.7 Å². The molecule has 1 amide bonds. The fourth-order valence-corrected chi connectivity index (χ4v) is 1.98. The van der Waals surface area contributed by atoms with Crippen molar-refractivity contribution in [2.75, 3.05) is 6.54 Å². The topological polar surface area (TPSA) is 71.7 Å². The summed E-state index contributed by atoms with van der Waals surface area (Å²) in [6.07, 6.45) is 1.24. The zero-order chi connectivity index (χ0) is 16.7. The number of aliphatic hydroxyl groups is 1. The van der Waals surface area contributed by atoms with E-state index in [4.69, 9.17) is 4.42 Å². The highest BCUT2D eigenvalue weighted by molar-refractivity contribution is 5.76. The van der Waals surface area contributed by atoms with Gasteiger partial charge in [-0.2, -0.15) is 8.78 Å². The Balaban J connectivity index is 1.71. The lowest BCUT2D eigenvalue weighted by Gasteiger charge is -2.10. The number of aryl methyl sites for hydroxylation is 1. The van der Waals surface area contributed by atoms with Crippen LogP contribution in [-0.4, -0.2) is 24.2 Å². The Morgan fingerprint density at radius 3 is 2.61 bits per heavy atom. The summed E-state index contributed by atoms with van der Waals surface area (Å²) in [6.45, 7) is -2.79. The van der Waals surface area contributed by atoms with Gasteiger partial charge >= 0.3 is 6.61 Å². The van der Waals surface area contributed by atoms with Crippen molar-refractivity contribution in [2.45, 2.75) is 25.6 Å². The highest BCUT2D eigenvalue weighted by Crippen LogP contribution is 2.16. The van der Waals surface area contributed by atoms with Gasteiger partial charge in [-0.25, -0.2) is 0 Å². The smallest absolute Gasteiger partial charge is 0.387 e. The zero-order valence-electron chi connectivity index (χ0n) is 12.2. The predicted octanol–water partition coefficient (Wildman–Crippen LogP) is 2.66. The summed E-state index contributed by atoms with van der Waals surface area (Å²) in [5, 5.41) is 12.4. The van der Waals surface area contributed by atoms with Crippen molar-refractivity contribution in [1.29, 1.82) is 0 Å². The van der Waals surface area contributed by atoms with E-state index in [2.05, 4.69) is 10.1 Å². The number of carbonyl (C=O) groups excluding carboxylic acids is 1. The third-order valence-electron chi connectivity index (χ3n) is 3.15. The molecule has 2 aromatic rings. The van der Waals surface area contributed by atoms with Gasteiger partial charge in [-0.1, -0.05) is 12.1 Å². The minimum Gasteiger partial charge on any atom is -0.467 e. The molecule has 5 nitrogen and oxygen atoms in total. The maximum atomic E-state index is 12.0. The Hall–Kier alpha value is -2.41. The number of benzene rings is 1. The van der Waals surface area contributed by atoms with Gasteiger partial charge in [-0.15, -0.1) is 0 Å². The summed E-state index contributed by atoms with van der Waals surface area (Å²) in [7, 11) is 0. The number of alkyl halides is 2. The molecule has 23 heavy (non-hydrogen) atoms. The van der Waals surface area contributed by atoms with E-state index in [0.717, 1.165) is 5.56 Å². The Morgan fingerprint density at radius 2 is 2.00 bits per heavy atom. The normalized spacial score (nSPS) is 12.2. The lowest BCUT2D eigenvalue weighted by molar-refractivity contribution is -0.121. The van der Waals surface area contributed by atoms with E-state index in [0.29, 0.717) is 12.2 Å². The van der Waals surface area contributed by atoms with Crippen molar-refractivity contribution in [3.05, 3.63) is 54.0 Å². The van der Waals surface area contributed by atoms with Crippen LogP contribution < -0.4 is 10.1 Å². The number of ether oxygens (including phenoxy) is 1. The molecule has 1 aromatic heterocycles. The summed E-state index contributed by atoms with van der Waals surface area (Å²) in [4.78, 5) is 11.7. The van der Waals surface area contributed by atoms with E-state index in [1.54, 1.807) is 24.3 Å². The molecule has 0 saturated heterocycles. The van der Waals surface area contributed by atoms with Crippen molar-refractivity contribution in [1.82, 2.24) is 5.32 Å². The summed E-state index contributed by atoms with van der Waals surface area (Å²) >= 11 is 0. The number of amides is 1. The van der Waals surface area contributed by atoms with Crippen molar-refractivity contribution in [3.8, 4) is 5.75 Å². The highest BCUT2D eigenvalue weighted by Gasteiger charge is 2.12. The Bertz CT molecular complexity index is 599. The van der Waals surface area contributed by atoms with Crippen LogP contribution in [0.3, 0.4) is 0 Å². The van der Waals surface area contributed by atoms with Crippen molar-refractivity contribution < 1.29 is 27.8 Å². The van der Waals surface area contributed by atoms with Gasteiger partial charge in [0.2, 0.25) is 5.91 Å². The van der Waals surface area contributed by atoms with Gasteiger partial charge in [0.15, 0.2) is 0 Å². The molecule has 0 spiro atoms. The Labute approximate surface area is 131 Å². The first-order chi connectivity index (χ1) is 11.0. The molecule has 0 radical (unpaired) electrons. The van der Waals surface area contributed by atoms with Gasteiger partial charge in [0, 0.05) is 6.42 Å². The monoisotopic (exact) mass is 325 g/mol. The molecule has 0 fully saturated rings. The number of rotatable bonds is 8. The minimum absolute atomic E-state index is 0.0630. The Morgan fingerprint density at radius 1 is 1.26 bits per heavy atom. The van der Waals surface area contributed by atoms with Crippen LogP contribution >= 0.6 is 0 Å². The van der Waals surface area contributed by atoms with Gasteiger partial charge in [-0.05, 0) is 36.2 Å². The van der Waals surface area contributed by atoms with Gasteiger partial charge in [0.25, 0.3) is 0 Å². The van der Waals surface area contributed by atoms with Gasteiger partial charge < -0.3 is 19.6 Å². The van der Waals surface area contributed by atoms with Crippen molar-refractivity contribution in [3.63, 3.8) is 0 Å². The van der Waals surface area contributed by atoms with Crippen molar-refractivity contribution >= 4 is 5.91 Å². The first kappa shape index (κ1) is 17.0. The number of aliphatic hydroxyl groups excluding tert-OH is 1. The van der Waals surface area contributed by atoms with Crippen molar-refractivity contribution in [2.24, 2.45) is 0 Å². The molecule has 0 aliphatic heterocycles. The number of halogens is 2. The van der Waals surface area contributed by atoms with Gasteiger partial charge in [0.1, 0.15) is 17.6 Å². The van der Waals surface area contributed by atoms with Crippen LogP contribution in [-0.2, 0) is 11.2 Å². The summed E-state index contributed by atoms with van der Waals surface area (Å²) < 4.78 is 33.3. The molecular formula is C16H17F2NO4. The molecule has 2 rings (SSSR count). The van der Waals surface area contributed by atoms with Gasteiger partial charge in [0.05, 0.1) is 12.8 Å². The fourth-order valence-electron chi connectivity index (χ4n) is 1.98. The number of hydrogen-bond acceptors (Lipinski definition) is 4. The fraction of sp³-hybridized carbons (Fsp3) is 0.312. The van der Waals surface area contributed by atoms with Crippen LogP contribution in [0.2, 0.25) is 0 Å². The maximum Gasteiger partial charge on any atom is 0.387 e. The minimum atomic E-state index is -2.85. The third-order valence-corrected chi connectivity index (χ3v) is 3.15. The first-order valence-electron chi connectivity index (χ1n) is 7.06. The molecule has 0 saturated carbocycles. The third kappa shape index (κ3) is 5.71. The van der Waals surface area contributed by atoms with Crippen LogP contribution in [0.25, 0.3) is 0 Å². The average molecular weight is 325 g/mol. The van der Waals surface area contributed by atoms with Gasteiger partial charge in [-0.3, -0.25) is 4.79 Å². The van der Waals surface area contributed by atoms with Crippen LogP contribution in [0.4, 0.5) is 8.78 Å². The van der Waals surface area contributed by atoms with Crippen LogP contribution in [0.5, 0.6) is 5.75 Å². The first-order valence-corrected chi connectivity index (χ1v) is 7.06. The predicted molar refractivity (Wildman–Crippen MR) is 78.1 cm³/mol. The standard InChI is InChI=1S/C16H17F2NO4/c17-16(18)23-12-6-3-11(4-7-12)5-8-15(21)19-10-13(20)14-2-1-9-22-14/h1-4,6-7,9,13,16,20H,5,8,10H2,(H,19,21). The second-order valence-electron chi connectivity index (χ2n) is 4.86. The lowest BCUT2D eigenvalue weighted by atomic mass is 10.1. The molecule has 0 aliphatic rings. The van der Waals surface area contributed by atoms with E-state index < -0.39 is 12.7 Å². The molecule has 0 aliphatic carbocycles. The molecule has 2 N–H and O–H groups in total. The molecule has 1 aromatic carbocycles. The molecule has 0 bridgehead atoms. The SMILES string of the molecule is O=C(CCc1ccc(OC(F)F)cc1)NCC(O)c1ccco1. The number of hydrogen-bond donors (Lipinski definition) is 2. The molecule has 124 valence electrons. The van der Waals surface area contributed by atoms with Crippen LogP contribution in [0, 0.1) is 0 Å². The Kier molecular flexibility index (Phi) is 6.10. The molecule has 1 heterocycles. The zero-order valence-corrected chi connectivity index (χ0v) is 12.2. The van der Waals surface area contributed by atoms with E-state index in [1.807, 2.05) is 0 Å². The van der Waals surface area contributed by atoms with Crippen LogP contribution in [0.15, 0.2) is 47.1 Å². The average Bonchev–Trinajstić information content (AvgIpc) is 3.06. The van der Waals surface area contributed by atoms with E-state index >= 15 is 0 Å². The summed E-state index contributed by atoms with van der Waals surface area (Å²) in [5.41, 5.74) is 0.827. The largest absolute Gasteiger partial charge is 0.467 e. The summed E-state index contributed by atoms with van der Waals surface area (Å²) in [6, 6.07) is 9.40. The number of nitrogens with one attached hydrogen (secondary N) is 1. The van der Waals surface area contributed by atoms with Crippen LogP contribution in [0.1, 0.15) is 23.8 Å². The number of furan rings is 1. The summed E-state index contributed by atoms with van der Waals surface area (Å²) in [5.74, 6) is 0.248. The van der Waals surface area contributed by atoms with E-state index in [-0.39, 0.29) is 24.6 Å². The second kappa shape index (κ2) is 8.28. The molecule has 1 atom stereocenters. The number of carbonyl (C=O) groups is 1. The maximum absolute atomic E-state index is 12.0. The quantitative estimate of drug-likeness (QED) is 0.783. The molecular weight excluding hydrogens is 308 g/mol. The van der Waals surface area contributed by atoms with E-state index in [1.165, 1.54) is 18.4 Å². The highest BCUT2D eigenvalue weighted by atomic mass is 19.3. The molecule has 1 unspecified atom stereocenters. The lowest BCUT2D eigenvalue weighted by Crippen LogP contribution is -2.28. The molecule has 7 heteroatoms. The second-order valence-corrected chi connectivity index (χ2v) is 4.86.